The highest BCUT2D eigenvalue weighted by atomic mass is 32.2. The van der Waals surface area contributed by atoms with Crippen LogP contribution in [-0.4, -0.2) is 36.8 Å². The third-order valence-electron chi connectivity index (χ3n) is 5.00. The van der Waals surface area contributed by atoms with Gasteiger partial charge in [-0.15, -0.1) is 0 Å². The molecule has 0 atom stereocenters. The summed E-state index contributed by atoms with van der Waals surface area (Å²) in [5.74, 6) is 1.43. The molecule has 0 radical (unpaired) electrons. The highest BCUT2D eigenvalue weighted by Gasteiger charge is 2.23. The SMILES string of the molecule is CS(=O)(=O)c1nc(C(=O)Nc2cccc(COc3ccc4c(c3)OCO4)c2)c2ccccn12. The third-order valence-corrected chi connectivity index (χ3v) is 5.95. The second kappa shape index (κ2) is 8.14. The van der Waals surface area contributed by atoms with Crippen LogP contribution in [0.3, 0.4) is 0 Å². The standard InChI is InChI=1S/C23H19N3O6S/c1-33(28,29)23-25-21(18-7-2-3-10-26(18)23)22(27)24-16-6-4-5-15(11-16)13-30-17-8-9-19-20(12-17)32-14-31-19/h2-12H,13-14H2,1H3,(H,24,27). The third kappa shape index (κ3) is 4.20. The van der Waals surface area contributed by atoms with Crippen LogP contribution in [0.15, 0.2) is 72.0 Å². The van der Waals surface area contributed by atoms with Crippen molar-refractivity contribution in [2.75, 3.05) is 18.4 Å². The Balaban J connectivity index is 1.33. The second-order valence-electron chi connectivity index (χ2n) is 7.43. The van der Waals surface area contributed by atoms with E-state index in [4.69, 9.17) is 14.2 Å². The van der Waals surface area contributed by atoms with Gasteiger partial charge in [0.1, 0.15) is 12.4 Å². The van der Waals surface area contributed by atoms with Gasteiger partial charge in [0.05, 0.1) is 5.52 Å². The molecule has 0 fully saturated rings. The number of hydrogen-bond acceptors (Lipinski definition) is 7. The molecule has 1 aliphatic rings. The maximum Gasteiger partial charge on any atom is 0.276 e. The monoisotopic (exact) mass is 465 g/mol. The van der Waals surface area contributed by atoms with Gasteiger partial charge in [0.2, 0.25) is 21.8 Å². The predicted molar refractivity (Wildman–Crippen MR) is 120 cm³/mol. The van der Waals surface area contributed by atoms with E-state index in [-0.39, 0.29) is 24.3 Å². The van der Waals surface area contributed by atoms with Crippen LogP contribution in [-0.2, 0) is 16.4 Å². The number of rotatable bonds is 6. The van der Waals surface area contributed by atoms with Crippen molar-refractivity contribution in [2.24, 2.45) is 0 Å². The molecule has 1 N–H and O–H groups in total. The molecule has 0 aliphatic carbocycles. The van der Waals surface area contributed by atoms with Crippen molar-refractivity contribution in [1.29, 1.82) is 0 Å². The van der Waals surface area contributed by atoms with Gasteiger partial charge in [-0.05, 0) is 42.0 Å². The van der Waals surface area contributed by atoms with Crippen LogP contribution < -0.4 is 19.5 Å². The lowest BCUT2D eigenvalue weighted by Gasteiger charge is -2.09. The van der Waals surface area contributed by atoms with Crippen LogP contribution in [0, 0.1) is 0 Å². The number of imidazole rings is 1. The summed E-state index contributed by atoms with van der Waals surface area (Å²) < 4.78 is 42.1. The molecule has 0 spiro atoms. The zero-order valence-electron chi connectivity index (χ0n) is 17.5. The largest absolute Gasteiger partial charge is 0.489 e. The van der Waals surface area contributed by atoms with E-state index in [0.717, 1.165) is 11.8 Å². The molecule has 10 heteroatoms. The maximum atomic E-state index is 12.9. The predicted octanol–water partition coefficient (Wildman–Crippen LogP) is 3.30. The average molecular weight is 465 g/mol. The summed E-state index contributed by atoms with van der Waals surface area (Å²) >= 11 is 0. The Morgan fingerprint density at radius 1 is 1.09 bits per heavy atom. The van der Waals surface area contributed by atoms with Gasteiger partial charge in [0.15, 0.2) is 17.2 Å². The number of anilines is 1. The first-order chi connectivity index (χ1) is 15.9. The molecule has 2 aromatic heterocycles. The Kier molecular flexibility index (Phi) is 5.14. The van der Waals surface area contributed by atoms with Gasteiger partial charge >= 0.3 is 0 Å². The summed E-state index contributed by atoms with van der Waals surface area (Å²) in [4.78, 5) is 17.0. The average Bonchev–Trinajstić information content (AvgIpc) is 3.42. The van der Waals surface area contributed by atoms with Crippen molar-refractivity contribution in [2.45, 2.75) is 11.8 Å². The van der Waals surface area contributed by atoms with E-state index in [2.05, 4.69) is 10.3 Å². The molecule has 1 aliphatic heterocycles. The van der Waals surface area contributed by atoms with E-state index in [1.807, 2.05) is 6.07 Å². The first-order valence-corrected chi connectivity index (χ1v) is 11.9. The minimum Gasteiger partial charge on any atom is -0.489 e. The van der Waals surface area contributed by atoms with E-state index < -0.39 is 15.7 Å². The number of amides is 1. The lowest BCUT2D eigenvalue weighted by atomic mass is 10.2. The molecule has 9 nitrogen and oxygen atoms in total. The first-order valence-electron chi connectivity index (χ1n) is 9.98. The Hall–Kier alpha value is -4.05. The second-order valence-corrected chi connectivity index (χ2v) is 9.34. The van der Waals surface area contributed by atoms with Crippen LogP contribution in [0.25, 0.3) is 5.52 Å². The van der Waals surface area contributed by atoms with Gasteiger partial charge in [-0.1, -0.05) is 18.2 Å². The van der Waals surface area contributed by atoms with Crippen molar-refractivity contribution in [3.8, 4) is 17.2 Å². The number of carbonyl (C=O) groups is 1. The Labute approximate surface area is 189 Å². The fourth-order valence-electron chi connectivity index (χ4n) is 3.50. The summed E-state index contributed by atoms with van der Waals surface area (Å²) in [5.41, 5.74) is 1.79. The van der Waals surface area contributed by atoms with Gasteiger partial charge < -0.3 is 19.5 Å². The van der Waals surface area contributed by atoms with Crippen LogP contribution in [0.1, 0.15) is 16.1 Å². The lowest BCUT2D eigenvalue weighted by molar-refractivity contribution is 0.102. The number of sulfone groups is 1. The first kappa shape index (κ1) is 20.8. The highest BCUT2D eigenvalue weighted by Crippen LogP contribution is 2.35. The van der Waals surface area contributed by atoms with Gasteiger partial charge in [-0.2, -0.15) is 0 Å². The fraction of sp³-hybridized carbons (Fsp3) is 0.130. The van der Waals surface area contributed by atoms with E-state index in [1.54, 1.807) is 60.8 Å². The molecular formula is C23H19N3O6S. The quantitative estimate of drug-likeness (QED) is 0.465. The number of hydrogen-bond donors (Lipinski definition) is 1. The molecule has 168 valence electrons. The molecule has 0 bridgehead atoms. The lowest BCUT2D eigenvalue weighted by Crippen LogP contribution is -2.13. The molecule has 5 rings (SSSR count). The van der Waals surface area contributed by atoms with Gasteiger partial charge in [-0.3, -0.25) is 9.20 Å². The fourth-order valence-corrected chi connectivity index (χ4v) is 4.27. The van der Waals surface area contributed by atoms with Crippen LogP contribution in [0.4, 0.5) is 5.69 Å². The number of carbonyl (C=O) groups excluding carboxylic acids is 1. The Bertz CT molecular complexity index is 1480. The number of ether oxygens (including phenoxy) is 3. The Morgan fingerprint density at radius 3 is 2.79 bits per heavy atom. The molecule has 3 heterocycles. The molecule has 0 saturated carbocycles. The Morgan fingerprint density at radius 2 is 1.94 bits per heavy atom. The van der Waals surface area contributed by atoms with E-state index in [9.17, 15) is 13.2 Å². The summed E-state index contributed by atoms with van der Waals surface area (Å²) in [6, 6.07) is 17.6. The molecular weight excluding hydrogens is 446 g/mol. The zero-order valence-corrected chi connectivity index (χ0v) is 18.3. The van der Waals surface area contributed by atoms with Crippen LogP contribution >= 0.6 is 0 Å². The number of nitrogens with one attached hydrogen (secondary N) is 1. The normalized spacial score (nSPS) is 12.6. The summed E-state index contributed by atoms with van der Waals surface area (Å²) in [7, 11) is -3.62. The topological polar surface area (TPSA) is 108 Å². The van der Waals surface area contributed by atoms with Crippen LogP contribution in [0.2, 0.25) is 0 Å². The van der Waals surface area contributed by atoms with Crippen molar-refractivity contribution in [1.82, 2.24) is 9.38 Å². The van der Waals surface area contributed by atoms with Gasteiger partial charge in [0.25, 0.3) is 5.91 Å². The summed E-state index contributed by atoms with van der Waals surface area (Å²) in [6.07, 6.45) is 2.61. The number of pyridine rings is 1. The minimum absolute atomic E-state index is 0.0260. The van der Waals surface area contributed by atoms with Crippen LogP contribution in [0.5, 0.6) is 17.2 Å². The minimum atomic E-state index is -3.62. The van der Waals surface area contributed by atoms with Crippen molar-refractivity contribution >= 4 is 26.9 Å². The van der Waals surface area contributed by atoms with Crippen molar-refractivity contribution in [3.63, 3.8) is 0 Å². The number of nitrogens with zero attached hydrogens (tertiary/aromatic N) is 2. The zero-order chi connectivity index (χ0) is 23.0. The summed E-state index contributed by atoms with van der Waals surface area (Å²) in [6.45, 7) is 0.466. The van der Waals surface area contributed by atoms with E-state index in [0.29, 0.717) is 28.5 Å². The molecule has 33 heavy (non-hydrogen) atoms. The van der Waals surface area contributed by atoms with Crippen molar-refractivity contribution < 1.29 is 27.4 Å². The van der Waals surface area contributed by atoms with E-state index >= 15 is 0 Å². The molecule has 4 aromatic rings. The molecule has 0 saturated heterocycles. The smallest absolute Gasteiger partial charge is 0.276 e. The van der Waals surface area contributed by atoms with E-state index in [1.165, 1.54) is 4.40 Å². The van der Waals surface area contributed by atoms with Gasteiger partial charge in [-0.25, -0.2) is 13.4 Å². The van der Waals surface area contributed by atoms with Gasteiger partial charge in [0, 0.05) is 24.2 Å². The number of benzene rings is 2. The summed E-state index contributed by atoms with van der Waals surface area (Å²) in [5, 5.41) is 2.60. The number of aromatic nitrogens is 2. The molecule has 0 unspecified atom stereocenters. The van der Waals surface area contributed by atoms with Crippen molar-refractivity contribution in [3.05, 3.63) is 78.1 Å². The maximum absolute atomic E-state index is 12.9. The molecule has 2 aromatic carbocycles. The molecule has 1 amide bonds. The highest BCUT2D eigenvalue weighted by molar-refractivity contribution is 7.90. The number of fused-ring (bicyclic) bond motifs is 2.